The first kappa shape index (κ1) is 17.6. The van der Waals surface area contributed by atoms with Crippen LogP contribution in [0.25, 0.3) is 10.8 Å². The zero-order valence-electron chi connectivity index (χ0n) is 14.6. The number of fused-ring (bicyclic) bond motifs is 1. The van der Waals surface area contributed by atoms with Gasteiger partial charge in [0.1, 0.15) is 19.2 Å². The fourth-order valence-electron chi connectivity index (χ4n) is 3.21. The van der Waals surface area contributed by atoms with Crippen LogP contribution < -0.4 is 0 Å². The van der Waals surface area contributed by atoms with E-state index in [1.165, 1.54) is 21.6 Å². The summed E-state index contributed by atoms with van der Waals surface area (Å²) in [5.41, 5.74) is 0. The Morgan fingerprint density at radius 3 is 2.44 bits per heavy atom. The van der Waals surface area contributed by atoms with Crippen LogP contribution in [-0.4, -0.2) is 64.5 Å². The molecule has 2 aromatic carbocycles. The summed E-state index contributed by atoms with van der Waals surface area (Å²) >= 11 is 0. The molecule has 140 valence electrons. The molecule has 1 aromatic heterocycles. The number of amides is 1. The van der Waals surface area contributed by atoms with Crippen LogP contribution in [0.3, 0.4) is 0 Å². The van der Waals surface area contributed by atoms with Crippen molar-refractivity contribution < 1.29 is 13.2 Å². The van der Waals surface area contributed by atoms with E-state index in [1.807, 2.05) is 30.3 Å². The highest BCUT2D eigenvalue weighted by Crippen LogP contribution is 2.22. The Morgan fingerprint density at radius 1 is 1.00 bits per heavy atom. The molecule has 27 heavy (non-hydrogen) atoms. The maximum atomic E-state index is 13.0. The van der Waals surface area contributed by atoms with Crippen LogP contribution in [0.2, 0.25) is 0 Å². The van der Waals surface area contributed by atoms with Crippen LogP contribution in [0.5, 0.6) is 0 Å². The minimum absolute atomic E-state index is 0.0942. The number of rotatable bonds is 4. The van der Waals surface area contributed by atoms with Crippen LogP contribution in [0.15, 0.2) is 60.0 Å². The molecule has 0 spiro atoms. The number of carbonyl (C=O) groups excluding carboxylic acids is 1. The molecular weight excluding hydrogens is 366 g/mol. The van der Waals surface area contributed by atoms with Crippen molar-refractivity contribution in [3.05, 3.63) is 55.1 Å². The van der Waals surface area contributed by atoms with Gasteiger partial charge in [0.05, 0.1) is 4.90 Å². The highest BCUT2D eigenvalue weighted by Gasteiger charge is 2.30. The van der Waals surface area contributed by atoms with E-state index in [-0.39, 0.29) is 30.4 Å². The van der Waals surface area contributed by atoms with Crippen molar-refractivity contribution in [1.29, 1.82) is 0 Å². The second-order valence-corrected chi connectivity index (χ2v) is 8.32. The topological polar surface area (TPSA) is 88.4 Å². The van der Waals surface area contributed by atoms with Gasteiger partial charge >= 0.3 is 0 Å². The average Bonchev–Trinajstić information content (AvgIpc) is 3.20. The molecule has 8 nitrogen and oxygen atoms in total. The highest BCUT2D eigenvalue weighted by molar-refractivity contribution is 7.89. The zero-order chi connectivity index (χ0) is 18.9. The van der Waals surface area contributed by atoms with Crippen LogP contribution in [0, 0.1) is 0 Å². The largest absolute Gasteiger partial charge is 0.338 e. The van der Waals surface area contributed by atoms with Gasteiger partial charge in [0.15, 0.2) is 0 Å². The van der Waals surface area contributed by atoms with E-state index in [1.54, 1.807) is 17.0 Å². The third-order valence-electron chi connectivity index (χ3n) is 4.71. The lowest BCUT2D eigenvalue weighted by Gasteiger charge is -2.34. The summed E-state index contributed by atoms with van der Waals surface area (Å²) in [4.78, 5) is 18.1. The van der Waals surface area contributed by atoms with Gasteiger partial charge in [-0.1, -0.05) is 30.3 Å². The van der Waals surface area contributed by atoms with Gasteiger partial charge in [-0.05, 0) is 22.9 Å². The van der Waals surface area contributed by atoms with Gasteiger partial charge < -0.3 is 4.90 Å². The SMILES string of the molecule is O=C(Cn1cncn1)N1CCN(S(=O)(=O)c2ccc3ccccc3c2)CC1. The Kier molecular flexibility index (Phi) is 4.63. The first-order valence-corrected chi connectivity index (χ1v) is 10.1. The lowest BCUT2D eigenvalue weighted by Crippen LogP contribution is -2.51. The lowest BCUT2D eigenvalue weighted by atomic mass is 10.1. The predicted octanol–water partition coefficient (Wildman–Crippen LogP) is 0.964. The van der Waals surface area contributed by atoms with Crippen molar-refractivity contribution in [1.82, 2.24) is 24.0 Å². The zero-order valence-corrected chi connectivity index (χ0v) is 15.4. The Bertz CT molecular complexity index is 1060. The monoisotopic (exact) mass is 385 g/mol. The molecular formula is C18H19N5O3S. The number of carbonyl (C=O) groups is 1. The molecule has 1 aliphatic rings. The molecule has 4 rings (SSSR count). The molecule has 1 fully saturated rings. The summed E-state index contributed by atoms with van der Waals surface area (Å²) in [5, 5.41) is 5.81. The Hall–Kier alpha value is -2.78. The van der Waals surface area contributed by atoms with E-state index in [0.29, 0.717) is 13.1 Å². The molecule has 0 N–H and O–H groups in total. The molecule has 1 amide bonds. The molecule has 0 atom stereocenters. The van der Waals surface area contributed by atoms with Gasteiger partial charge in [-0.15, -0.1) is 0 Å². The normalized spacial score (nSPS) is 15.9. The number of nitrogens with zero attached hydrogens (tertiary/aromatic N) is 5. The molecule has 2 heterocycles. The number of sulfonamides is 1. The van der Waals surface area contributed by atoms with Gasteiger partial charge in [0.25, 0.3) is 0 Å². The van der Waals surface area contributed by atoms with E-state index >= 15 is 0 Å². The Labute approximate surface area is 157 Å². The van der Waals surface area contributed by atoms with Gasteiger partial charge in [0.2, 0.25) is 15.9 Å². The second kappa shape index (κ2) is 7.09. The maximum absolute atomic E-state index is 13.0. The lowest BCUT2D eigenvalue weighted by molar-refractivity contribution is -0.133. The quantitative estimate of drug-likeness (QED) is 0.668. The van der Waals surface area contributed by atoms with Crippen molar-refractivity contribution in [2.45, 2.75) is 11.4 Å². The third-order valence-corrected chi connectivity index (χ3v) is 6.61. The first-order chi connectivity index (χ1) is 13.0. The highest BCUT2D eigenvalue weighted by atomic mass is 32.2. The number of piperazine rings is 1. The summed E-state index contributed by atoms with van der Waals surface area (Å²) < 4.78 is 28.8. The summed E-state index contributed by atoms with van der Waals surface area (Å²) in [6, 6.07) is 12.8. The summed E-state index contributed by atoms with van der Waals surface area (Å²) in [5.74, 6) is -0.0942. The minimum atomic E-state index is -3.58. The molecule has 0 aliphatic carbocycles. The summed E-state index contributed by atoms with van der Waals surface area (Å²) in [6.45, 7) is 1.38. The molecule has 9 heteroatoms. The number of benzene rings is 2. The van der Waals surface area contributed by atoms with Gasteiger partial charge in [-0.2, -0.15) is 9.40 Å². The third kappa shape index (κ3) is 3.56. The molecule has 0 bridgehead atoms. The van der Waals surface area contributed by atoms with Crippen LogP contribution >= 0.6 is 0 Å². The van der Waals surface area contributed by atoms with Gasteiger partial charge in [-0.3, -0.25) is 4.79 Å². The summed E-state index contributed by atoms with van der Waals surface area (Å²) in [6.07, 6.45) is 2.86. The fraction of sp³-hybridized carbons (Fsp3) is 0.278. The Morgan fingerprint density at radius 2 is 1.74 bits per heavy atom. The van der Waals surface area contributed by atoms with Crippen LogP contribution in [0.1, 0.15) is 0 Å². The van der Waals surface area contributed by atoms with Crippen LogP contribution in [0.4, 0.5) is 0 Å². The molecule has 1 aliphatic heterocycles. The minimum Gasteiger partial charge on any atom is -0.338 e. The van der Waals surface area contributed by atoms with E-state index in [4.69, 9.17) is 0 Å². The maximum Gasteiger partial charge on any atom is 0.244 e. The molecule has 3 aromatic rings. The van der Waals surface area contributed by atoms with Crippen LogP contribution in [-0.2, 0) is 21.4 Å². The van der Waals surface area contributed by atoms with Crippen molar-refractivity contribution in [3.8, 4) is 0 Å². The standard InChI is InChI=1S/C18H19N5O3S/c24-18(12-22-14-19-13-20-22)21-7-9-23(10-8-21)27(25,26)17-6-5-15-3-1-2-4-16(15)11-17/h1-6,11,13-14H,7-10,12H2. The fourth-order valence-corrected chi connectivity index (χ4v) is 4.67. The van der Waals surface area contributed by atoms with E-state index in [9.17, 15) is 13.2 Å². The predicted molar refractivity (Wildman–Crippen MR) is 99.3 cm³/mol. The van der Waals surface area contributed by atoms with Crippen molar-refractivity contribution >= 4 is 26.7 Å². The van der Waals surface area contributed by atoms with Gasteiger partial charge in [0, 0.05) is 26.2 Å². The van der Waals surface area contributed by atoms with Crippen molar-refractivity contribution in [2.24, 2.45) is 0 Å². The number of aromatic nitrogens is 3. The van der Waals surface area contributed by atoms with Gasteiger partial charge in [-0.25, -0.2) is 18.1 Å². The van der Waals surface area contributed by atoms with E-state index in [2.05, 4.69) is 10.1 Å². The molecule has 0 radical (unpaired) electrons. The molecule has 0 saturated carbocycles. The molecule has 0 unspecified atom stereocenters. The smallest absolute Gasteiger partial charge is 0.244 e. The first-order valence-electron chi connectivity index (χ1n) is 8.63. The Balaban J connectivity index is 1.45. The average molecular weight is 385 g/mol. The van der Waals surface area contributed by atoms with E-state index in [0.717, 1.165) is 10.8 Å². The molecule has 1 saturated heterocycles. The summed E-state index contributed by atoms with van der Waals surface area (Å²) in [7, 11) is -3.58. The van der Waals surface area contributed by atoms with Crippen molar-refractivity contribution in [2.75, 3.05) is 26.2 Å². The van der Waals surface area contributed by atoms with E-state index < -0.39 is 10.0 Å². The number of hydrogen-bond acceptors (Lipinski definition) is 5. The second-order valence-electron chi connectivity index (χ2n) is 6.39. The number of hydrogen-bond donors (Lipinski definition) is 0. The van der Waals surface area contributed by atoms with Crippen molar-refractivity contribution in [3.63, 3.8) is 0 Å².